The minimum absolute atomic E-state index is 0.00272. The van der Waals surface area contributed by atoms with Crippen LogP contribution in [0.25, 0.3) is 0 Å². The molecule has 1 amide bonds. The van der Waals surface area contributed by atoms with Gasteiger partial charge < -0.3 is 10.1 Å². The maximum atomic E-state index is 12.7. The summed E-state index contributed by atoms with van der Waals surface area (Å²) >= 11 is 0. The molecule has 0 aliphatic carbocycles. The highest BCUT2D eigenvalue weighted by Crippen LogP contribution is 2.21. The predicted octanol–water partition coefficient (Wildman–Crippen LogP) is 4.45. The van der Waals surface area contributed by atoms with Crippen molar-refractivity contribution in [2.24, 2.45) is 0 Å². The zero-order valence-corrected chi connectivity index (χ0v) is 17.0. The molecular weight excluding hydrogens is 388 g/mol. The summed E-state index contributed by atoms with van der Waals surface area (Å²) in [6, 6.07) is 19.9. The summed E-state index contributed by atoms with van der Waals surface area (Å²) in [5, 5.41) is 2.76. The van der Waals surface area contributed by atoms with Gasteiger partial charge in [-0.25, -0.2) is 8.42 Å². The van der Waals surface area contributed by atoms with Gasteiger partial charge in [-0.05, 0) is 68.4 Å². The lowest BCUT2D eigenvalue weighted by Crippen LogP contribution is -2.16. The number of aryl methyl sites for hydroxylation is 1. The molecule has 0 radical (unpaired) electrons. The molecule has 0 atom stereocenters. The largest absolute Gasteiger partial charge is 0.494 e. The van der Waals surface area contributed by atoms with Crippen LogP contribution in [0, 0.1) is 6.92 Å². The topological polar surface area (TPSA) is 84.5 Å². The SMILES string of the molecule is CCOc1ccc(NS(=O)(=O)c2cccc(C(=O)Nc3ccc(C)cc3)c2)cc1. The van der Waals surface area contributed by atoms with Gasteiger partial charge in [0.2, 0.25) is 0 Å². The van der Waals surface area contributed by atoms with Crippen LogP contribution in [0.3, 0.4) is 0 Å². The van der Waals surface area contributed by atoms with Gasteiger partial charge in [-0.3, -0.25) is 9.52 Å². The molecule has 3 rings (SSSR count). The van der Waals surface area contributed by atoms with Gasteiger partial charge in [0, 0.05) is 16.9 Å². The maximum Gasteiger partial charge on any atom is 0.261 e. The summed E-state index contributed by atoms with van der Waals surface area (Å²) < 4.78 is 33.3. The van der Waals surface area contributed by atoms with Gasteiger partial charge in [-0.2, -0.15) is 0 Å². The highest BCUT2D eigenvalue weighted by molar-refractivity contribution is 7.92. The van der Waals surface area contributed by atoms with Gasteiger partial charge in [0.1, 0.15) is 5.75 Å². The number of rotatable bonds is 7. The van der Waals surface area contributed by atoms with Gasteiger partial charge in [-0.1, -0.05) is 23.8 Å². The summed E-state index contributed by atoms with van der Waals surface area (Å²) in [5.74, 6) is 0.275. The first-order valence-corrected chi connectivity index (χ1v) is 10.6. The van der Waals surface area contributed by atoms with E-state index >= 15 is 0 Å². The van der Waals surface area contributed by atoms with E-state index in [1.165, 1.54) is 18.2 Å². The van der Waals surface area contributed by atoms with E-state index in [9.17, 15) is 13.2 Å². The lowest BCUT2D eigenvalue weighted by atomic mass is 10.2. The number of anilines is 2. The molecule has 0 fully saturated rings. The van der Waals surface area contributed by atoms with E-state index in [-0.39, 0.29) is 16.4 Å². The summed E-state index contributed by atoms with van der Waals surface area (Å²) in [7, 11) is -3.84. The van der Waals surface area contributed by atoms with Gasteiger partial charge in [0.05, 0.1) is 11.5 Å². The van der Waals surface area contributed by atoms with E-state index in [0.29, 0.717) is 23.7 Å². The van der Waals surface area contributed by atoms with E-state index < -0.39 is 10.0 Å². The molecule has 29 heavy (non-hydrogen) atoms. The molecule has 0 heterocycles. The smallest absolute Gasteiger partial charge is 0.261 e. The van der Waals surface area contributed by atoms with Crippen molar-refractivity contribution in [1.29, 1.82) is 0 Å². The molecule has 3 aromatic carbocycles. The van der Waals surface area contributed by atoms with E-state index in [4.69, 9.17) is 4.74 Å². The van der Waals surface area contributed by atoms with Crippen molar-refractivity contribution < 1.29 is 17.9 Å². The number of carbonyl (C=O) groups is 1. The zero-order chi connectivity index (χ0) is 20.9. The quantitative estimate of drug-likeness (QED) is 0.603. The van der Waals surface area contributed by atoms with Crippen molar-refractivity contribution in [3.63, 3.8) is 0 Å². The number of hydrogen-bond acceptors (Lipinski definition) is 4. The van der Waals surface area contributed by atoms with Crippen LogP contribution < -0.4 is 14.8 Å². The molecular formula is C22H22N2O4S. The number of carbonyl (C=O) groups excluding carboxylic acids is 1. The molecule has 2 N–H and O–H groups in total. The Morgan fingerprint density at radius 2 is 1.59 bits per heavy atom. The van der Waals surface area contributed by atoms with Crippen LogP contribution in [0.5, 0.6) is 5.75 Å². The lowest BCUT2D eigenvalue weighted by Gasteiger charge is -2.11. The monoisotopic (exact) mass is 410 g/mol. The first-order valence-electron chi connectivity index (χ1n) is 9.11. The number of hydrogen-bond donors (Lipinski definition) is 2. The Kier molecular flexibility index (Phi) is 6.19. The van der Waals surface area contributed by atoms with Crippen molar-refractivity contribution in [1.82, 2.24) is 0 Å². The van der Waals surface area contributed by atoms with E-state index in [1.54, 1.807) is 42.5 Å². The van der Waals surface area contributed by atoms with Gasteiger partial charge >= 0.3 is 0 Å². The lowest BCUT2D eigenvalue weighted by molar-refractivity contribution is 0.102. The van der Waals surface area contributed by atoms with Crippen molar-refractivity contribution in [3.05, 3.63) is 83.9 Å². The molecule has 150 valence electrons. The molecule has 7 heteroatoms. The molecule has 0 aliphatic rings. The second-order valence-corrected chi connectivity index (χ2v) is 8.09. The molecule has 0 aliphatic heterocycles. The van der Waals surface area contributed by atoms with E-state index in [0.717, 1.165) is 5.56 Å². The van der Waals surface area contributed by atoms with Crippen LogP contribution in [-0.4, -0.2) is 20.9 Å². The van der Waals surface area contributed by atoms with Gasteiger partial charge in [-0.15, -0.1) is 0 Å². The number of benzene rings is 3. The third-order valence-electron chi connectivity index (χ3n) is 4.13. The molecule has 0 aromatic heterocycles. The molecule has 0 saturated heterocycles. The van der Waals surface area contributed by atoms with E-state index in [2.05, 4.69) is 10.0 Å². The number of amides is 1. The molecule has 0 saturated carbocycles. The van der Waals surface area contributed by atoms with Crippen LogP contribution in [0.1, 0.15) is 22.8 Å². The van der Waals surface area contributed by atoms with Crippen LogP contribution in [0.15, 0.2) is 77.7 Å². The van der Waals surface area contributed by atoms with Crippen molar-refractivity contribution in [2.45, 2.75) is 18.7 Å². The fourth-order valence-corrected chi connectivity index (χ4v) is 3.75. The Labute approximate surface area is 170 Å². The Hall–Kier alpha value is -3.32. The minimum atomic E-state index is -3.84. The standard InChI is InChI=1S/C22H22N2O4S/c1-3-28-20-13-11-19(12-14-20)24-29(26,27)21-6-4-5-17(15-21)22(25)23-18-9-7-16(2)8-10-18/h4-15,24H,3H2,1-2H3,(H,23,25). The molecule has 6 nitrogen and oxygen atoms in total. The Morgan fingerprint density at radius 3 is 2.24 bits per heavy atom. The van der Waals surface area contributed by atoms with Crippen molar-refractivity contribution in [2.75, 3.05) is 16.6 Å². The summed E-state index contributed by atoms with van der Waals surface area (Å²) in [5.41, 5.74) is 2.38. The summed E-state index contributed by atoms with van der Waals surface area (Å²) in [4.78, 5) is 12.5. The predicted molar refractivity (Wildman–Crippen MR) is 114 cm³/mol. The van der Waals surface area contributed by atoms with Crippen LogP contribution in [0.4, 0.5) is 11.4 Å². The highest BCUT2D eigenvalue weighted by Gasteiger charge is 2.17. The van der Waals surface area contributed by atoms with Gasteiger partial charge in [0.15, 0.2) is 0 Å². The molecule has 0 spiro atoms. The second kappa shape index (κ2) is 8.79. The molecule has 0 bridgehead atoms. The van der Waals surface area contributed by atoms with Crippen molar-refractivity contribution in [3.8, 4) is 5.75 Å². The second-order valence-electron chi connectivity index (χ2n) is 6.41. The normalized spacial score (nSPS) is 11.0. The molecule has 0 unspecified atom stereocenters. The summed E-state index contributed by atoms with van der Waals surface area (Å²) in [6.45, 7) is 4.36. The first-order chi connectivity index (χ1) is 13.9. The third-order valence-corrected chi connectivity index (χ3v) is 5.51. The Morgan fingerprint density at radius 1 is 0.931 bits per heavy atom. The summed E-state index contributed by atoms with van der Waals surface area (Å²) in [6.07, 6.45) is 0. The zero-order valence-electron chi connectivity index (χ0n) is 16.2. The fraction of sp³-hybridized carbons (Fsp3) is 0.136. The van der Waals surface area contributed by atoms with E-state index in [1.807, 2.05) is 26.0 Å². The van der Waals surface area contributed by atoms with Crippen LogP contribution in [0.2, 0.25) is 0 Å². The maximum absolute atomic E-state index is 12.7. The van der Waals surface area contributed by atoms with Crippen LogP contribution in [-0.2, 0) is 10.0 Å². The average molecular weight is 410 g/mol. The Bertz CT molecular complexity index is 1090. The molecule has 3 aromatic rings. The highest BCUT2D eigenvalue weighted by atomic mass is 32.2. The Balaban J connectivity index is 1.76. The van der Waals surface area contributed by atoms with Gasteiger partial charge in [0.25, 0.3) is 15.9 Å². The van der Waals surface area contributed by atoms with Crippen molar-refractivity contribution >= 4 is 27.3 Å². The average Bonchev–Trinajstić information content (AvgIpc) is 2.71. The first kappa shape index (κ1) is 20.4. The van der Waals surface area contributed by atoms with Crippen LogP contribution >= 0.6 is 0 Å². The number of ether oxygens (including phenoxy) is 1. The minimum Gasteiger partial charge on any atom is -0.494 e. The number of sulfonamides is 1. The number of nitrogens with one attached hydrogen (secondary N) is 2. The fourth-order valence-electron chi connectivity index (χ4n) is 2.64. The third kappa shape index (κ3) is 5.36.